The van der Waals surface area contributed by atoms with Crippen LogP contribution >= 0.6 is 35.2 Å². The van der Waals surface area contributed by atoms with Gasteiger partial charge in [0.05, 0.1) is 19.5 Å². The molecule has 0 radical (unpaired) electrons. The van der Waals surface area contributed by atoms with E-state index in [1.54, 1.807) is 0 Å². The molecule has 2 aromatic heterocycles. The lowest BCUT2D eigenvalue weighted by molar-refractivity contribution is -0.137. The molecule has 3 heterocycles. The number of thioether (sulfide) groups is 1. The second-order valence-electron chi connectivity index (χ2n) is 19.1. The third-order valence-corrected chi connectivity index (χ3v) is 16.3. The number of imidazole rings is 1. The summed E-state index contributed by atoms with van der Waals surface area (Å²) in [5.74, 6) is -1.01. The third kappa shape index (κ3) is 26.7. The van der Waals surface area contributed by atoms with Gasteiger partial charge < -0.3 is 57.0 Å². The molecule has 1 fully saturated rings. The van der Waals surface area contributed by atoms with Gasteiger partial charge in [0.2, 0.25) is 11.8 Å². The third-order valence-electron chi connectivity index (χ3n) is 12.2. The topological polar surface area (TPSA) is 399 Å². The largest absolute Gasteiger partial charge is 0.481 e. The Morgan fingerprint density at radius 1 is 0.784 bits per heavy atom. The molecule has 29 heteroatoms. The number of nitrogens with zero attached hydrogens (tertiary/aromatic N) is 4. The van der Waals surface area contributed by atoms with Crippen molar-refractivity contribution in [3.8, 4) is 0 Å². The highest BCUT2D eigenvalue weighted by Crippen LogP contribution is 2.61. The molecule has 3 rings (SSSR count). The first kappa shape index (κ1) is 67.6. The van der Waals surface area contributed by atoms with E-state index in [0.717, 1.165) is 48.2 Å². The molecule has 0 bridgehead atoms. The van der Waals surface area contributed by atoms with Crippen LogP contribution in [0.1, 0.15) is 175 Å². The predicted octanol–water partition coefficient (Wildman–Crippen LogP) is 7.43. The van der Waals surface area contributed by atoms with Gasteiger partial charge in [-0.1, -0.05) is 161 Å². The fraction of sp³-hybridized carbons (Fsp3) is 0.822. The summed E-state index contributed by atoms with van der Waals surface area (Å²) in [4.78, 5) is 88.6. The van der Waals surface area contributed by atoms with Crippen LogP contribution in [0.15, 0.2) is 12.7 Å². The molecular weight excluding hydrogens is 1050 g/mol. The zero-order valence-corrected chi connectivity index (χ0v) is 46.8. The van der Waals surface area contributed by atoms with Gasteiger partial charge in [-0.25, -0.2) is 28.6 Å². The van der Waals surface area contributed by atoms with E-state index in [1.165, 1.54) is 129 Å². The van der Waals surface area contributed by atoms with Gasteiger partial charge in [-0.3, -0.25) is 32.5 Å². The maximum absolute atomic E-state index is 12.8. The fourth-order valence-electron chi connectivity index (χ4n) is 8.07. The van der Waals surface area contributed by atoms with Crippen LogP contribution in [0.25, 0.3) is 11.2 Å². The van der Waals surface area contributed by atoms with E-state index in [9.17, 15) is 57.9 Å². The maximum Gasteiger partial charge on any atom is 0.481 e. The zero-order chi connectivity index (χ0) is 53.9. The van der Waals surface area contributed by atoms with Gasteiger partial charge in [0.1, 0.15) is 36.3 Å². The molecule has 2 unspecified atom stereocenters. The molecular formula is C45H85N8O17P3S. The molecule has 25 nitrogen and oxygen atoms in total. The number of carbonyl (C=O) groups is 3. The molecule has 2 aromatic rings. The zero-order valence-electron chi connectivity index (χ0n) is 43.3. The van der Waals surface area contributed by atoms with E-state index in [2.05, 4.69) is 41.3 Å². The van der Waals surface area contributed by atoms with Crippen LogP contribution in [-0.4, -0.2) is 123 Å². The average Bonchev–Trinajstić information content (AvgIpc) is 3.88. The summed E-state index contributed by atoms with van der Waals surface area (Å²) in [5.41, 5.74) is 4.30. The Morgan fingerprint density at radius 3 is 1.85 bits per heavy atom. The number of nitrogens with two attached hydrogens (primary N) is 1. The molecule has 2 amide bonds. The summed E-state index contributed by atoms with van der Waals surface area (Å²) < 4.78 is 62.5. The van der Waals surface area contributed by atoms with Crippen molar-refractivity contribution in [3.05, 3.63) is 12.7 Å². The summed E-state index contributed by atoms with van der Waals surface area (Å²) in [5, 5.41) is 26.7. The van der Waals surface area contributed by atoms with Crippen LogP contribution in [0, 0.1) is 5.41 Å². The molecule has 7 atom stereocenters. The molecule has 0 saturated carbocycles. The molecule has 0 aromatic carbocycles. The standard InChI is InChI=1S/C45H82N7O17P3S.H3N/c1-4-5-6-7-8-9-10-11-12-13-14-15-16-17-18-19-20-21-22-23-24-25-36(54)73-29-28-47-35(53)26-27-48-43(57)40(56)45(2,3)31-66-72(63,64)69-71(61,62)65-30-34-39(68-70(58,59)60)38(55)44(67-34)52-33-51-37-41(46)49-32-50-42(37)52;/h32-34,38-40,44,55-56H,4-31H2,1-3H3,(H,47,53)(H,48,57)(H,61,62)(H,63,64)(H2,46,49,50)(H2,58,59,60);1H3/t34-,38-,39-,40+,44-;/m1./s1. The first-order valence-corrected chi connectivity index (χ1v) is 31.1. The first-order valence-electron chi connectivity index (χ1n) is 25.6. The number of nitrogens with one attached hydrogen (secondary N) is 2. The average molecular weight is 1140 g/mol. The number of aliphatic hydroxyl groups excluding tert-OH is 2. The van der Waals surface area contributed by atoms with E-state index in [0.29, 0.717) is 12.2 Å². The highest BCUT2D eigenvalue weighted by molar-refractivity contribution is 8.13. The Kier molecular flexibility index (Phi) is 32.1. The summed E-state index contributed by atoms with van der Waals surface area (Å²) in [7, 11) is -16.4. The van der Waals surface area contributed by atoms with E-state index in [4.69, 9.17) is 19.5 Å². The molecule has 1 saturated heterocycles. The lowest BCUT2D eigenvalue weighted by Crippen LogP contribution is -2.46. The second-order valence-corrected chi connectivity index (χ2v) is 24.5. The number of hydrogen-bond donors (Lipinski definition) is 10. The van der Waals surface area contributed by atoms with E-state index in [1.807, 2.05) is 0 Å². The number of aromatic nitrogens is 4. The number of phosphoric acid groups is 3. The minimum atomic E-state index is -5.58. The van der Waals surface area contributed by atoms with Crippen LogP contribution in [0.3, 0.4) is 0 Å². The summed E-state index contributed by atoms with van der Waals surface area (Å²) in [6.45, 7) is 2.86. The van der Waals surface area contributed by atoms with Crippen LogP contribution in [-0.2, 0) is 50.7 Å². The van der Waals surface area contributed by atoms with Gasteiger partial charge in [0, 0.05) is 37.1 Å². The minimum absolute atomic E-state index is 0. The fourth-order valence-corrected chi connectivity index (χ4v) is 11.6. The predicted molar refractivity (Wildman–Crippen MR) is 279 cm³/mol. The highest BCUT2D eigenvalue weighted by Gasteiger charge is 2.50. The quantitative estimate of drug-likeness (QED) is 0.0228. The van der Waals surface area contributed by atoms with Gasteiger partial charge in [0.15, 0.2) is 22.8 Å². The van der Waals surface area contributed by atoms with Crippen molar-refractivity contribution < 1.29 is 80.5 Å². The van der Waals surface area contributed by atoms with Crippen molar-refractivity contribution in [1.82, 2.24) is 36.3 Å². The molecule has 428 valence electrons. The number of phosphoric ester groups is 3. The SMILES string of the molecule is CCCCCCCCCCCCCCCCCCCCCCCC(=O)SCCNC(=O)CCNC(=O)[C@H](O)C(C)(C)COP(=O)(O)OP(=O)(O)OC[C@H]1O[C@@H](n2cnc3c(N)ncnc32)[C@H](O)[C@@H]1OP(=O)(O)O.N. The van der Waals surface area contributed by atoms with E-state index < -0.39 is 84.6 Å². The Hall–Kier alpha value is -2.48. The van der Waals surface area contributed by atoms with E-state index >= 15 is 0 Å². The summed E-state index contributed by atoms with van der Waals surface area (Å²) in [6.07, 6.45) is 20.9. The lowest BCUT2D eigenvalue weighted by Gasteiger charge is -2.30. The van der Waals surface area contributed by atoms with Gasteiger partial charge >= 0.3 is 23.5 Å². The number of unbranched alkanes of at least 4 members (excludes halogenated alkanes) is 20. The summed E-state index contributed by atoms with van der Waals surface area (Å²) in [6, 6.07) is 0. The number of ether oxygens (including phenoxy) is 1. The normalized spacial score (nSPS) is 19.1. The molecule has 1 aliphatic heterocycles. The molecule has 13 N–H and O–H groups in total. The van der Waals surface area contributed by atoms with Gasteiger partial charge in [0.25, 0.3) is 0 Å². The molecule has 0 spiro atoms. The number of fused-ring (bicyclic) bond motifs is 1. The monoisotopic (exact) mass is 1130 g/mol. The second kappa shape index (κ2) is 35.1. The Balaban J connectivity index is 0.0000187. The Labute approximate surface area is 439 Å². The number of nitrogen functional groups attached to an aromatic ring is 1. The van der Waals surface area contributed by atoms with Crippen molar-refractivity contribution in [2.45, 2.75) is 199 Å². The molecule has 74 heavy (non-hydrogen) atoms. The molecule has 0 aliphatic carbocycles. The number of aliphatic hydroxyl groups is 2. The Morgan fingerprint density at radius 2 is 1.31 bits per heavy atom. The molecule has 1 aliphatic rings. The number of anilines is 1. The van der Waals surface area contributed by atoms with Crippen molar-refractivity contribution in [2.24, 2.45) is 5.41 Å². The number of hydrogen-bond acceptors (Lipinski definition) is 19. The van der Waals surface area contributed by atoms with Crippen LogP contribution in [0.5, 0.6) is 0 Å². The van der Waals surface area contributed by atoms with Gasteiger partial charge in [-0.2, -0.15) is 4.31 Å². The van der Waals surface area contributed by atoms with Crippen molar-refractivity contribution in [2.75, 3.05) is 37.8 Å². The lowest BCUT2D eigenvalue weighted by atomic mass is 9.87. The smallest absolute Gasteiger partial charge is 0.386 e. The van der Waals surface area contributed by atoms with E-state index in [-0.39, 0.29) is 47.8 Å². The van der Waals surface area contributed by atoms with Crippen molar-refractivity contribution >= 4 is 69.1 Å². The van der Waals surface area contributed by atoms with Gasteiger partial charge in [-0.05, 0) is 6.42 Å². The van der Waals surface area contributed by atoms with Crippen molar-refractivity contribution in [3.63, 3.8) is 0 Å². The van der Waals surface area contributed by atoms with Crippen LogP contribution < -0.4 is 22.5 Å². The number of rotatable bonds is 41. The maximum atomic E-state index is 12.8. The van der Waals surface area contributed by atoms with Crippen LogP contribution in [0.2, 0.25) is 0 Å². The summed E-state index contributed by atoms with van der Waals surface area (Å²) >= 11 is 1.16. The Bertz CT molecular complexity index is 2110. The van der Waals surface area contributed by atoms with Gasteiger partial charge in [-0.15, -0.1) is 0 Å². The van der Waals surface area contributed by atoms with Crippen LogP contribution in [0.4, 0.5) is 5.82 Å². The number of amides is 2. The minimum Gasteiger partial charge on any atom is -0.386 e. The number of carbonyl (C=O) groups excluding carboxylic acids is 3. The van der Waals surface area contributed by atoms with Crippen molar-refractivity contribution in [1.29, 1.82) is 0 Å². The highest BCUT2D eigenvalue weighted by atomic mass is 32.2. The first-order chi connectivity index (χ1) is 34.6.